The number of benzene rings is 1. The van der Waals surface area contributed by atoms with Gasteiger partial charge in [-0.25, -0.2) is 4.39 Å². The third-order valence-corrected chi connectivity index (χ3v) is 4.08. The first-order valence-electron chi connectivity index (χ1n) is 6.00. The van der Waals surface area contributed by atoms with Crippen molar-refractivity contribution in [2.75, 3.05) is 6.61 Å². The van der Waals surface area contributed by atoms with Gasteiger partial charge < -0.3 is 10.5 Å². The van der Waals surface area contributed by atoms with Crippen LogP contribution in [0.5, 0.6) is 5.75 Å². The summed E-state index contributed by atoms with van der Waals surface area (Å²) in [5.74, 6) is 1.15. The lowest BCUT2D eigenvalue weighted by molar-refractivity contribution is 0.292. The van der Waals surface area contributed by atoms with Crippen LogP contribution in [-0.4, -0.2) is 6.61 Å². The Bertz CT molecular complexity index is 455. The Morgan fingerprint density at radius 1 is 1.41 bits per heavy atom. The van der Waals surface area contributed by atoms with Gasteiger partial charge >= 0.3 is 0 Å². The van der Waals surface area contributed by atoms with Crippen molar-refractivity contribution in [2.24, 2.45) is 11.7 Å². The summed E-state index contributed by atoms with van der Waals surface area (Å²) < 4.78 is 19.9. The van der Waals surface area contributed by atoms with E-state index >= 15 is 0 Å². The van der Waals surface area contributed by atoms with Crippen molar-refractivity contribution in [1.29, 1.82) is 0 Å². The lowest BCUT2D eigenvalue weighted by Crippen LogP contribution is -2.20. The Labute approximate surface area is 108 Å². The van der Waals surface area contributed by atoms with Crippen LogP contribution in [0.1, 0.15) is 31.2 Å². The van der Waals surface area contributed by atoms with E-state index in [1.54, 1.807) is 0 Å². The minimum atomic E-state index is -0.372. The van der Waals surface area contributed by atoms with Crippen LogP contribution in [-0.2, 0) is 5.54 Å². The molecule has 0 unspecified atom stereocenters. The number of nitrogens with two attached hydrogens (primary N) is 1. The summed E-state index contributed by atoms with van der Waals surface area (Å²) in [4.78, 5) is 0. The van der Waals surface area contributed by atoms with E-state index in [1.165, 1.54) is 25.0 Å². The van der Waals surface area contributed by atoms with E-state index in [0.29, 0.717) is 17.0 Å². The van der Waals surface area contributed by atoms with Gasteiger partial charge in [0.15, 0.2) is 0 Å². The van der Waals surface area contributed by atoms with Gasteiger partial charge in [0, 0.05) is 11.1 Å². The zero-order chi connectivity index (χ0) is 12.0. The zero-order valence-corrected chi connectivity index (χ0v) is 11.1. The summed E-state index contributed by atoms with van der Waals surface area (Å²) in [5.41, 5.74) is 6.60. The third-order valence-electron chi connectivity index (χ3n) is 3.49. The van der Waals surface area contributed by atoms with Gasteiger partial charge in [0.05, 0.1) is 11.1 Å². The fourth-order valence-electron chi connectivity index (χ4n) is 1.97. The fraction of sp³-hybridized carbons (Fsp3) is 0.538. The summed E-state index contributed by atoms with van der Waals surface area (Å²) in [6.07, 6.45) is 4.29. The van der Waals surface area contributed by atoms with Crippen LogP contribution < -0.4 is 10.5 Å². The van der Waals surface area contributed by atoms with Crippen molar-refractivity contribution in [2.45, 2.75) is 31.2 Å². The van der Waals surface area contributed by atoms with E-state index in [2.05, 4.69) is 15.9 Å². The van der Waals surface area contributed by atoms with Crippen molar-refractivity contribution in [3.8, 4) is 5.75 Å². The van der Waals surface area contributed by atoms with Crippen LogP contribution in [0, 0.1) is 11.7 Å². The molecule has 2 aliphatic carbocycles. The fourth-order valence-corrected chi connectivity index (χ4v) is 2.51. The minimum absolute atomic E-state index is 0.262. The molecule has 0 amide bonds. The van der Waals surface area contributed by atoms with Gasteiger partial charge in [0.25, 0.3) is 0 Å². The molecule has 4 heteroatoms. The molecule has 2 nitrogen and oxygen atoms in total. The molecule has 2 fully saturated rings. The van der Waals surface area contributed by atoms with E-state index in [9.17, 15) is 4.39 Å². The molecule has 0 bridgehead atoms. The smallest absolute Gasteiger partial charge is 0.138 e. The van der Waals surface area contributed by atoms with Crippen molar-refractivity contribution in [1.82, 2.24) is 0 Å². The Balaban J connectivity index is 1.92. The van der Waals surface area contributed by atoms with E-state index in [0.717, 1.165) is 24.2 Å². The standard InChI is InChI=1S/C13H15BrFNO/c14-11-6-9(15)5-10(13(16)3-4-13)12(11)17-7-8-1-2-8/h5-6,8H,1-4,7,16H2. The molecule has 3 rings (SSSR count). The predicted octanol–water partition coefficient (Wildman–Crippen LogP) is 3.32. The Kier molecular flexibility index (Phi) is 2.67. The molecule has 17 heavy (non-hydrogen) atoms. The van der Waals surface area contributed by atoms with E-state index in [4.69, 9.17) is 10.5 Å². The highest BCUT2D eigenvalue weighted by atomic mass is 79.9. The normalized spacial score (nSPS) is 21.4. The lowest BCUT2D eigenvalue weighted by atomic mass is 10.0. The largest absolute Gasteiger partial charge is 0.492 e. The van der Waals surface area contributed by atoms with Gasteiger partial charge in [-0.2, -0.15) is 0 Å². The predicted molar refractivity (Wildman–Crippen MR) is 67.4 cm³/mol. The molecule has 0 spiro atoms. The number of rotatable bonds is 4. The van der Waals surface area contributed by atoms with Gasteiger partial charge in [-0.1, -0.05) is 0 Å². The highest BCUT2D eigenvalue weighted by Gasteiger charge is 2.43. The third kappa shape index (κ3) is 2.33. The van der Waals surface area contributed by atoms with Crippen molar-refractivity contribution in [3.05, 3.63) is 28.0 Å². The second-order valence-electron chi connectivity index (χ2n) is 5.17. The van der Waals surface area contributed by atoms with Crippen LogP contribution in [0.2, 0.25) is 0 Å². The van der Waals surface area contributed by atoms with E-state index < -0.39 is 0 Å². The molecule has 0 aromatic heterocycles. The minimum Gasteiger partial charge on any atom is -0.492 e. The highest BCUT2D eigenvalue weighted by molar-refractivity contribution is 9.10. The molecule has 2 aliphatic rings. The summed E-state index contributed by atoms with van der Waals surface area (Å²) >= 11 is 3.37. The number of ether oxygens (including phenoxy) is 1. The van der Waals surface area contributed by atoms with Crippen molar-refractivity contribution in [3.63, 3.8) is 0 Å². The number of hydrogen-bond acceptors (Lipinski definition) is 2. The quantitative estimate of drug-likeness (QED) is 0.925. The monoisotopic (exact) mass is 299 g/mol. The molecule has 0 aliphatic heterocycles. The molecule has 0 radical (unpaired) electrons. The van der Waals surface area contributed by atoms with Crippen LogP contribution in [0.4, 0.5) is 4.39 Å². The first-order chi connectivity index (χ1) is 8.08. The molecule has 2 N–H and O–H groups in total. The molecule has 0 heterocycles. The molecule has 0 saturated heterocycles. The maximum Gasteiger partial charge on any atom is 0.138 e. The van der Waals surface area contributed by atoms with Crippen LogP contribution in [0.15, 0.2) is 16.6 Å². The molecular weight excluding hydrogens is 285 g/mol. The van der Waals surface area contributed by atoms with Gasteiger partial charge in [0.2, 0.25) is 0 Å². The van der Waals surface area contributed by atoms with Crippen molar-refractivity contribution >= 4 is 15.9 Å². The van der Waals surface area contributed by atoms with Gasteiger partial charge in [-0.15, -0.1) is 0 Å². The SMILES string of the molecule is NC1(c2cc(F)cc(Br)c2OCC2CC2)CC1. The topological polar surface area (TPSA) is 35.2 Å². The van der Waals surface area contributed by atoms with Crippen molar-refractivity contribution < 1.29 is 9.13 Å². The zero-order valence-electron chi connectivity index (χ0n) is 9.51. The highest BCUT2D eigenvalue weighted by Crippen LogP contribution is 2.49. The summed E-state index contributed by atoms with van der Waals surface area (Å²) in [5, 5.41) is 0. The van der Waals surface area contributed by atoms with Gasteiger partial charge in [-0.3, -0.25) is 0 Å². The first kappa shape index (κ1) is 11.5. The van der Waals surface area contributed by atoms with Gasteiger partial charge in [0.1, 0.15) is 11.6 Å². The summed E-state index contributed by atoms with van der Waals surface area (Å²) in [6.45, 7) is 0.716. The maximum absolute atomic E-state index is 13.4. The Hall–Kier alpha value is -0.610. The van der Waals surface area contributed by atoms with Crippen LogP contribution in [0.3, 0.4) is 0 Å². The molecule has 2 saturated carbocycles. The van der Waals surface area contributed by atoms with Crippen LogP contribution >= 0.6 is 15.9 Å². The van der Waals surface area contributed by atoms with E-state index in [1.807, 2.05) is 0 Å². The van der Waals surface area contributed by atoms with E-state index in [-0.39, 0.29) is 11.4 Å². The first-order valence-corrected chi connectivity index (χ1v) is 6.79. The lowest BCUT2D eigenvalue weighted by Gasteiger charge is -2.17. The molecular formula is C13H15BrFNO. The van der Waals surface area contributed by atoms with Gasteiger partial charge in [-0.05, 0) is 59.7 Å². The Morgan fingerprint density at radius 2 is 2.12 bits per heavy atom. The average molecular weight is 300 g/mol. The molecule has 1 aromatic carbocycles. The molecule has 0 atom stereocenters. The molecule has 92 valence electrons. The number of halogens is 2. The Morgan fingerprint density at radius 3 is 2.71 bits per heavy atom. The second kappa shape index (κ2) is 3.95. The second-order valence-corrected chi connectivity index (χ2v) is 6.03. The molecule has 1 aromatic rings. The van der Waals surface area contributed by atoms with Crippen LogP contribution in [0.25, 0.3) is 0 Å². The summed E-state index contributed by atoms with van der Waals surface area (Å²) in [6, 6.07) is 2.96. The average Bonchev–Trinajstić information content (AvgIpc) is 3.13. The maximum atomic E-state index is 13.4. The summed E-state index contributed by atoms with van der Waals surface area (Å²) in [7, 11) is 0. The number of hydrogen-bond donors (Lipinski definition) is 1.